The molecular weight excluding hydrogens is 500 g/mol. The highest BCUT2D eigenvalue weighted by molar-refractivity contribution is 8.01. The number of aryl methyl sites for hydroxylation is 2. The lowest BCUT2D eigenvalue weighted by atomic mass is 10.1. The molecule has 0 bridgehead atoms. The molecule has 0 saturated carbocycles. The lowest BCUT2D eigenvalue weighted by Crippen LogP contribution is -2.31. The second kappa shape index (κ2) is 13.6. The molecular formula is C30H40N2O3S2. The molecule has 3 aromatic rings. The number of carbonyl (C=O) groups excluding carboxylic acids is 1. The van der Waals surface area contributed by atoms with Crippen molar-refractivity contribution in [3.8, 4) is 0 Å². The highest BCUT2D eigenvalue weighted by Gasteiger charge is 2.31. The highest BCUT2D eigenvalue weighted by atomic mass is 32.2. The zero-order valence-corrected chi connectivity index (χ0v) is 24.8. The number of rotatable bonds is 13. The number of hydrogen-bond donors (Lipinski definition) is 0. The summed E-state index contributed by atoms with van der Waals surface area (Å²) < 4.78 is 10.2. The number of aromatic nitrogens is 1. The van der Waals surface area contributed by atoms with E-state index in [0.717, 1.165) is 41.7 Å². The Labute approximate surface area is 230 Å². The van der Waals surface area contributed by atoms with Crippen LogP contribution >= 0.6 is 23.1 Å². The molecule has 2 aromatic carbocycles. The second-order valence-electron chi connectivity index (χ2n) is 10.2. The smallest absolute Gasteiger partial charge is 0.322 e. The van der Waals surface area contributed by atoms with Crippen LogP contribution in [0.2, 0.25) is 0 Å². The summed E-state index contributed by atoms with van der Waals surface area (Å²) in [7, 11) is 1.74. The number of benzene rings is 2. The van der Waals surface area contributed by atoms with Crippen molar-refractivity contribution < 1.29 is 14.3 Å². The molecule has 0 saturated heterocycles. The summed E-state index contributed by atoms with van der Waals surface area (Å²) in [4.78, 5) is 22.2. The fraction of sp³-hybridized carbons (Fsp3) is 0.467. The zero-order chi connectivity index (χ0) is 27.0. The zero-order valence-electron chi connectivity index (χ0n) is 23.2. The van der Waals surface area contributed by atoms with E-state index in [9.17, 15) is 4.79 Å². The van der Waals surface area contributed by atoms with E-state index in [1.54, 1.807) is 18.4 Å². The van der Waals surface area contributed by atoms with Gasteiger partial charge in [0.05, 0.1) is 23.4 Å². The van der Waals surface area contributed by atoms with E-state index in [1.807, 2.05) is 27.7 Å². The molecule has 1 heterocycles. The van der Waals surface area contributed by atoms with Gasteiger partial charge >= 0.3 is 5.97 Å². The van der Waals surface area contributed by atoms with Crippen LogP contribution in [-0.2, 0) is 33.8 Å². The van der Waals surface area contributed by atoms with Gasteiger partial charge in [0.25, 0.3) is 0 Å². The molecule has 200 valence electrons. The molecule has 0 amide bonds. The minimum Gasteiger partial charge on any atom is -0.462 e. The van der Waals surface area contributed by atoms with Crippen molar-refractivity contribution in [1.29, 1.82) is 0 Å². The van der Waals surface area contributed by atoms with Crippen molar-refractivity contribution in [3.05, 3.63) is 80.8 Å². The average molecular weight is 541 g/mol. The Balaban J connectivity index is 1.66. The van der Waals surface area contributed by atoms with Gasteiger partial charge in [-0.25, -0.2) is 4.98 Å². The van der Waals surface area contributed by atoms with Gasteiger partial charge in [0.1, 0.15) is 4.75 Å². The molecule has 0 aliphatic rings. The van der Waals surface area contributed by atoms with Crippen LogP contribution in [0.4, 0.5) is 0 Å². The summed E-state index contributed by atoms with van der Waals surface area (Å²) in [5.41, 5.74) is 4.94. The van der Waals surface area contributed by atoms with Gasteiger partial charge in [-0.05, 0) is 64.8 Å². The summed E-state index contributed by atoms with van der Waals surface area (Å²) >= 11 is 3.32. The minimum absolute atomic E-state index is 0.118. The Morgan fingerprint density at radius 1 is 1.08 bits per heavy atom. The number of thioether (sulfide) groups is 1. The second-order valence-corrected chi connectivity index (χ2v) is 13.2. The van der Waals surface area contributed by atoms with Crippen LogP contribution in [0, 0.1) is 13.8 Å². The van der Waals surface area contributed by atoms with Gasteiger partial charge in [-0.1, -0.05) is 42.0 Å². The molecule has 0 radical (unpaired) electrons. The standard InChI is InChI=1S/C30H40N2O3S2/c1-21(2)35-29(33)30(5,6)37-26-13-11-24(12-14-26)19-32(15-16-34-7)20-27-23(4)36-28(31-27)18-25-10-8-9-22(3)17-25/h8-14,17,21H,15-16,18-20H2,1-7H3. The van der Waals surface area contributed by atoms with Crippen LogP contribution in [0.1, 0.15) is 60.0 Å². The van der Waals surface area contributed by atoms with Gasteiger partial charge in [0.2, 0.25) is 0 Å². The molecule has 0 N–H and O–H groups in total. The lowest BCUT2D eigenvalue weighted by Gasteiger charge is -2.24. The van der Waals surface area contributed by atoms with Crippen molar-refractivity contribution in [1.82, 2.24) is 9.88 Å². The molecule has 0 unspecified atom stereocenters. The maximum absolute atomic E-state index is 12.4. The quantitative estimate of drug-likeness (QED) is 0.175. The van der Waals surface area contributed by atoms with Crippen molar-refractivity contribution in [2.75, 3.05) is 20.3 Å². The summed E-state index contributed by atoms with van der Waals surface area (Å²) in [6.07, 6.45) is 0.749. The van der Waals surface area contributed by atoms with E-state index in [0.29, 0.717) is 6.61 Å². The van der Waals surface area contributed by atoms with Crippen LogP contribution in [0.3, 0.4) is 0 Å². The molecule has 0 fully saturated rings. The van der Waals surface area contributed by atoms with Gasteiger partial charge in [0.15, 0.2) is 0 Å². The molecule has 0 aliphatic heterocycles. The maximum Gasteiger partial charge on any atom is 0.322 e. The van der Waals surface area contributed by atoms with Crippen molar-refractivity contribution >= 4 is 29.1 Å². The molecule has 5 nitrogen and oxygen atoms in total. The van der Waals surface area contributed by atoms with Crippen LogP contribution in [0.5, 0.6) is 0 Å². The van der Waals surface area contributed by atoms with E-state index in [-0.39, 0.29) is 12.1 Å². The third kappa shape index (κ3) is 9.25. The van der Waals surface area contributed by atoms with Crippen LogP contribution in [0.15, 0.2) is 53.4 Å². The number of nitrogens with zero attached hydrogens (tertiary/aromatic N) is 2. The first kappa shape index (κ1) is 29.4. The number of ether oxygens (including phenoxy) is 2. The number of methoxy groups -OCH3 is 1. The van der Waals surface area contributed by atoms with E-state index in [2.05, 4.69) is 67.3 Å². The van der Waals surface area contributed by atoms with Crippen LogP contribution in [-0.4, -0.2) is 47.0 Å². The number of thiazole rings is 1. The Kier molecular flexibility index (Phi) is 10.8. The number of carbonyl (C=O) groups is 1. The molecule has 37 heavy (non-hydrogen) atoms. The van der Waals surface area contributed by atoms with Crippen LogP contribution in [0.25, 0.3) is 0 Å². The Hall–Kier alpha value is -2.19. The first-order valence-electron chi connectivity index (χ1n) is 12.8. The summed E-state index contributed by atoms with van der Waals surface area (Å²) in [6.45, 7) is 14.9. The van der Waals surface area contributed by atoms with Gasteiger partial charge in [-0.3, -0.25) is 9.69 Å². The molecule has 7 heteroatoms. The Morgan fingerprint density at radius 3 is 2.46 bits per heavy atom. The average Bonchev–Trinajstić information content (AvgIpc) is 3.16. The van der Waals surface area contributed by atoms with E-state index in [1.165, 1.54) is 33.3 Å². The normalized spacial score (nSPS) is 11.9. The minimum atomic E-state index is -0.644. The number of esters is 1. The molecule has 0 atom stereocenters. The lowest BCUT2D eigenvalue weighted by molar-refractivity contribution is -0.149. The maximum atomic E-state index is 12.4. The highest BCUT2D eigenvalue weighted by Crippen LogP contribution is 2.34. The van der Waals surface area contributed by atoms with Crippen molar-refractivity contribution in [2.24, 2.45) is 0 Å². The first-order valence-corrected chi connectivity index (χ1v) is 14.4. The van der Waals surface area contributed by atoms with Gasteiger partial charge in [0, 0.05) is 42.9 Å². The summed E-state index contributed by atoms with van der Waals surface area (Å²) in [5.74, 6) is -0.192. The largest absolute Gasteiger partial charge is 0.462 e. The summed E-state index contributed by atoms with van der Waals surface area (Å²) in [5, 5.41) is 1.16. The molecule has 1 aromatic heterocycles. The van der Waals surface area contributed by atoms with E-state index < -0.39 is 4.75 Å². The monoisotopic (exact) mass is 540 g/mol. The fourth-order valence-corrected chi connectivity index (χ4v) is 5.94. The summed E-state index contributed by atoms with van der Waals surface area (Å²) in [6, 6.07) is 17.1. The van der Waals surface area contributed by atoms with Crippen LogP contribution < -0.4 is 0 Å². The van der Waals surface area contributed by atoms with Crippen molar-refractivity contribution in [2.45, 2.75) is 76.8 Å². The van der Waals surface area contributed by atoms with Gasteiger partial charge in [-0.15, -0.1) is 23.1 Å². The molecule has 3 rings (SSSR count). The third-order valence-corrected chi connectivity index (χ3v) is 8.09. The fourth-order valence-electron chi connectivity index (χ4n) is 3.97. The van der Waals surface area contributed by atoms with Crippen molar-refractivity contribution in [3.63, 3.8) is 0 Å². The van der Waals surface area contributed by atoms with Gasteiger partial charge in [-0.2, -0.15) is 0 Å². The topological polar surface area (TPSA) is 51.7 Å². The predicted octanol–water partition coefficient (Wildman–Crippen LogP) is 6.82. The van der Waals surface area contributed by atoms with E-state index in [4.69, 9.17) is 14.5 Å². The third-order valence-electron chi connectivity index (χ3n) is 5.90. The predicted molar refractivity (Wildman–Crippen MR) is 154 cm³/mol. The Morgan fingerprint density at radius 2 is 1.81 bits per heavy atom. The number of hydrogen-bond acceptors (Lipinski definition) is 7. The SMILES string of the molecule is COCCN(Cc1ccc(SC(C)(C)C(=O)OC(C)C)cc1)Cc1nc(Cc2cccc(C)c2)sc1C. The molecule has 0 spiro atoms. The molecule has 0 aliphatic carbocycles. The van der Waals surface area contributed by atoms with Gasteiger partial charge < -0.3 is 9.47 Å². The van der Waals surface area contributed by atoms with E-state index >= 15 is 0 Å². The first-order chi connectivity index (χ1) is 17.6. The Bertz CT molecular complexity index is 1160.